The molecule has 0 unspecified atom stereocenters. The summed E-state index contributed by atoms with van der Waals surface area (Å²) in [5, 5.41) is 0. The van der Waals surface area contributed by atoms with E-state index in [0.29, 0.717) is 17.9 Å². The van der Waals surface area contributed by atoms with Gasteiger partial charge in [-0.3, -0.25) is 4.98 Å². The summed E-state index contributed by atoms with van der Waals surface area (Å²) in [6, 6.07) is 11.9. The highest BCUT2D eigenvalue weighted by molar-refractivity contribution is 5.91. The Morgan fingerprint density at radius 2 is 1.90 bits per heavy atom. The Kier molecular flexibility index (Phi) is 4.51. The standard InChI is InChI=1S/C17H19NO2/c1-4-13-11-15(17(19)20-5-2)12(3)18-16(13)14-9-7-6-8-10-14/h6-11H,4-5H2,1-3H3. The molecule has 0 amide bonds. The summed E-state index contributed by atoms with van der Waals surface area (Å²) in [6.45, 7) is 6.09. The van der Waals surface area contributed by atoms with Crippen molar-refractivity contribution >= 4 is 5.97 Å². The van der Waals surface area contributed by atoms with Crippen molar-refractivity contribution in [3.63, 3.8) is 0 Å². The lowest BCUT2D eigenvalue weighted by atomic mass is 10.0. The van der Waals surface area contributed by atoms with E-state index in [9.17, 15) is 4.79 Å². The van der Waals surface area contributed by atoms with Gasteiger partial charge in [0, 0.05) is 5.56 Å². The SMILES string of the molecule is CCOC(=O)c1cc(CC)c(-c2ccccc2)nc1C. The van der Waals surface area contributed by atoms with E-state index in [1.807, 2.05) is 43.3 Å². The first-order valence-corrected chi connectivity index (χ1v) is 6.90. The fourth-order valence-corrected chi connectivity index (χ4v) is 2.18. The normalized spacial score (nSPS) is 10.3. The second kappa shape index (κ2) is 6.33. The third-order valence-corrected chi connectivity index (χ3v) is 3.22. The second-order valence-electron chi connectivity index (χ2n) is 4.57. The van der Waals surface area contributed by atoms with Gasteiger partial charge < -0.3 is 4.74 Å². The molecule has 0 atom stereocenters. The van der Waals surface area contributed by atoms with Crippen LogP contribution in [0.25, 0.3) is 11.3 Å². The summed E-state index contributed by atoms with van der Waals surface area (Å²) in [4.78, 5) is 16.5. The Morgan fingerprint density at radius 1 is 1.20 bits per heavy atom. The monoisotopic (exact) mass is 269 g/mol. The molecule has 0 aliphatic rings. The molecule has 20 heavy (non-hydrogen) atoms. The molecule has 0 fully saturated rings. The maximum Gasteiger partial charge on any atom is 0.339 e. The molecule has 2 rings (SSSR count). The molecule has 1 aromatic heterocycles. The molecule has 1 aromatic carbocycles. The van der Waals surface area contributed by atoms with Gasteiger partial charge in [0.05, 0.1) is 23.6 Å². The van der Waals surface area contributed by atoms with Crippen molar-refractivity contribution in [3.8, 4) is 11.3 Å². The maximum atomic E-state index is 11.9. The fraction of sp³-hybridized carbons (Fsp3) is 0.294. The number of benzene rings is 1. The number of aromatic nitrogens is 1. The number of ether oxygens (including phenoxy) is 1. The van der Waals surface area contributed by atoms with Gasteiger partial charge in [0.2, 0.25) is 0 Å². The van der Waals surface area contributed by atoms with Crippen LogP contribution in [0, 0.1) is 6.92 Å². The largest absolute Gasteiger partial charge is 0.462 e. The van der Waals surface area contributed by atoms with E-state index in [1.165, 1.54) is 0 Å². The number of esters is 1. The molecule has 0 bridgehead atoms. The van der Waals surface area contributed by atoms with Crippen molar-refractivity contribution in [1.82, 2.24) is 4.98 Å². The number of nitrogens with zero attached hydrogens (tertiary/aromatic N) is 1. The topological polar surface area (TPSA) is 39.2 Å². The zero-order chi connectivity index (χ0) is 14.5. The Hall–Kier alpha value is -2.16. The molecule has 3 nitrogen and oxygen atoms in total. The molecule has 0 saturated heterocycles. The van der Waals surface area contributed by atoms with Crippen LogP contribution in [0.5, 0.6) is 0 Å². The molecule has 0 spiro atoms. The second-order valence-corrected chi connectivity index (χ2v) is 4.57. The summed E-state index contributed by atoms with van der Waals surface area (Å²) in [6.07, 6.45) is 0.823. The van der Waals surface area contributed by atoms with Crippen LogP contribution in [0.1, 0.15) is 35.5 Å². The predicted molar refractivity (Wildman–Crippen MR) is 79.7 cm³/mol. The number of aryl methyl sites for hydroxylation is 2. The van der Waals surface area contributed by atoms with Crippen LogP contribution in [0.2, 0.25) is 0 Å². The van der Waals surface area contributed by atoms with Gasteiger partial charge in [0.15, 0.2) is 0 Å². The van der Waals surface area contributed by atoms with Crippen LogP contribution in [-0.2, 0) is 11.2 Å². The first-order valence-electron chi connectivity index (χ1n) is 6.90. The van der Waals surface area contributed by atoms with Gasteiger partial charge in [-0.15, -0.1) is 0 Å². The predicted octanol–water partition coefficient (Wildman–Crippen LogP) is 3.80. The van der Waals surface area contributed by atoms with E-state index in [0.717, 1.165) is 23.2 Å². The Morgan fingerprint density at radius 3 is 2.50 bits per heavy atom. The minimum Gasteiger partial charge on any atom is -0.462 e. The van der Waals surface area contributed by atoms with Crippen molar-refractivity contribution < 1.29 is 9.53 Å². The van der Waals surface area contributed by atoms with Crippen LogP contribution in [-0.4, -0.2) is 17.6 Å². The number of carbonyl (C=O) groups is 1. The average Bonchev–Trinajstić information content (AvgIpc) is 2.48. The third kappa shape index (κ3) is 2.87. The first kappa shape index (κ1) is 14.3. The third-order valence-electron chi connectivity index (χ3n) is 3.22. The number of pyridine rings is 1. The van der Waals surface area contributed by atoms with E-state index in [1.54, 1.807) is 6.92 Å². The van der Waals surface area contributed by atoms with Crippen LogP contribution in [0.15, 0.2) is 36.4 Å². The molecule has 2 aromatic rings. The van der Waals surface area contributed by atoms with Crippen LogP contribution < -0.4 is 0 Å². The van der Waals surface area contributed by atoms with Crippen molar-refractivity contribution in [2.24, 2.45) is 0 Å². The lowest BCUT2D eigenvalue weighted by Gasteiger charge is -2.12. The smallest absolute Gasteiger partial charge is 0.339 e. The maximum absolute atomic E-state index is 11.9. The Balaban J connectivity index is 2.51. The number of rotatable bonds is 4. The van der Waals surface area contributed by atoms with Gasteiger partial charge in [-0.05, 0) is 31.9 Å². The van der Waals surface area contributed by atoms with Crippen LogP contribution in [0.3, 0.4) is 0 Å². The molecule has 104 valence electrons. The van der Waals surface area contributed by atoms with Crippen molar-refractivity contribution in [1.29, 1.82) is 0 Å². The Labute approximate surface area is 119 Å². The van der Waals surface area contributed by atoms with E-state index in [4.69, 9.17) is 4.74 Å². The van der Waals surface area contributed by atoms with Crippen molar-refractivity contribution in [2.75, 3.05) is 6.61 Å². The van der Waals surface area contributed by atoms with Gasteiger partial charge in [-0.1, -0.05) is 37.3 Å². The Bertz CT molecular complexity index is 606. The first-order chi connectivity index (χ1) is 9.67. The number of carbonyl (C=O) groups excluding carboxylic acids is 1. The lowest BCUT2D eigenvalue weighted by Crippen LogP contribution is -2.10. The van der Waals surface area contributed by atoms with E-state index in [2.05, 4.69) is 11.9 Å². The van der Waals surface area contributed by atoms with E-state index in [-0.39, 0.29) is 5.97 Å². The van der Waals surface area contributed by atoms with Crippen LogP contribution >= 0.6 is 0 Å². The van der Waals surface area contributed by atoms with Gasteiger partial charge in [0.25, 0.3) is 0 Å². The summed E-state index contributed by atoms with van der Waals surface area (Å²) < 4.78 is 5.07. The highest BCUT2D eigenvalue weighted by Crippen LogP contribution is 2.24. The van der Waals surface area contributed by atoms with Gasteiger partial charge in [-0.25, -0.2) is 4.79 Å². The zero-order valence-corrected chi connectivity index (χ0v) is 12.1. The zero-order valence-electron chi connectivity index (χ0n) is 12.1. The molecule has 0 N–H and O–H groups in total. The lowest BCUT2D eigenvalue weighted by molar-refractivity contribution is 0.0525. The quantitative estimate of drug-likeness (QED) is 0.793. The fourth-order valence-electron chi connectivity index (χ4n) is 2.18. The minimum atomic E-state index is -0.299. The van der Waals surface area contributed by atoms with Gasteiger partial charge in [0.1, 0.15) is 0 Å². The summed E-state index contributed by atoms with van der Waals surface area (Å²) in [5.74, 6) is -0.299. The molecular formula is C17H19NO2. The average molecular weight is 269 g/mol. The molecule has 1 heterocycles. The van der Waals surface area contributed by atoms with Crippen LogP contribution in [0.4, 0.5) is 0 Å². The summed E-state index contributed by atoms with van der Waals surface area (Å²) in [7, 11) is 0. The highest BCUT2D eigenvalue weighted by Gasteiger charge is 2.15. The molecule has 3 heteroatoms. The number of hydrogen-bond acceptors (Lipinski definition) is 3. The highest BCUT2D eigenvalue weighted by atomic mass is 16.5. The van der Waals surface area contributed by atoms with E-state index >= 15 is 0 Å². The van der Waals surface area contributed by atoms with E-state index < -0.39 is 0 Å². The van der Waals surface area contributed by atoms with Gasteiger partial charge >= 0.3 is 5.97 Å². The molecular weight excluding hydrogens is 250 g/mol. The molecule has 0 aliphatic carbocycles. The molecule has 0 aliphatic heterocycles. The minimum absolute atomic E-state index is 0.299. The molecule has 0 saturated carbocycles. The number of hydrogen-bond donors (Lipinski definition) is 0. The summed E-state index contributed by atoms with van der Waals surface area (Å²) >= 11 is 0. The van der Waals surface area contributed by atoms with Crippen molar-refractivity contribution in [2.45, 2.75) is 27.2 Å². The van der Waals surface area contributed by atoms with Gasteiger partial charge in [-0.2, -0.15) is 0 Å². The summed E-state index contributed by atoms with van der Waals surface area (Å²) in [5.41, 5.74) is 4.34. The molecule has 0 radical (unpaired) electrons. The van der Waals surface area contributed by atoms with Crippen molar-refractivity contribution in [3.05, 3.63) is 53.2 Å².